The summed E-state index contributed by atoms with van der Waals surface area (Å²) in [7, 11) is 0. The van der Waals surface area contributed by atoms with Crippen molar-refractivity contribution in [3.05, 3.63) is 29.3 Å². The minimum absolute atomic E-state index is 0.124. The van der Waals surface area contributed by atoms with Crippen molar-refractivity contribution in [2.75, 3.05) is 18.0 Å². The molecule has 1 aromatic rings. The van der Waals surface area contributed by atoms with E-state index in [1.165, 1.54) is 0 Å². The van der Waals surface area contributed by atoms with Gasteiger partial charge in [-0.15, -0.1) is 0 Å². The molecule has 0 amide bonds. The summed E-state index contributed by atoms with van der Waals surface area (Å²) in [6.45, 7) is 1.50. The van der Waals surface area contributed by atoms with Gasteiger partial charge >= 0.3 is 0 Å². The lowest BCUT2D eigenvalue weighted by atomic mass is 10.1. The molecule has 4 heteroatoms. The summed E-state index contributed by atoms with van der Waals surface area (Å²) in [5.41, 5.74) is 1.07. The van der Waals surface area contributed by atoms with E-state index in [1.54, 1.807) is 0 Å². The highest BCUT2D eigenvalue weighted by atomic mass is 35.5. The van der Waals surface area contributed by atoms with Crippen LogP contribution in [0.2, 0.25) is 5.02 Å². The zero-order chi connectivity index (χ0) is 10.8. The van der Waals surface area contributed by atoms with E-state index >= 15 is 0 Å². The summed E-state index contributed by atoms with van der Waals surface area (Å²) in [5.74, 6) is -0.577. The Bertz CT molecular complexity index is 363. The molecule has 0 saturated carbocycles. The summed E-state index contributed by atoms with van der Waals surface area (Å²) >= 11 is 5.79. The molecule has 1 aromatic carbocycles. The molecule has 1 atom stereocenters. The van der Waals surface area contributed by atoms with Gasteiger partial charge in [0.15, 0.2) is 0 Å². The zero-order valence-corrected chi connectivity index (χ0v) is 9.00. The molecule has 0 radical (unpaired) electrons. The third-order valence-electron chi connectivity index (χ3n) is 2.75. The maximum Gasteiger partial charge on any atom is 0.0407 e. The monoisotopic (exact) mass is 223 g/mol. The molecule has 0 aromatic heterocycles. The highest BCUT2D eigenvalue weighted by molar-refractivity contribution is 6.30. The van der Waals surface area contributed by atoms with Gasteiger partial charge in [0.25, 0.3) is 0 Å². The van der Waals surface area contributed by atoms with Gasteiger partial charge in [0.05, 0.1) is 0 Å². The number of nitrogens with zero attached hydrogens (tertiary/aromatic N) is 1. The summed E-state index contributed by atoms with van der Waals surface area (Å²) in [4.78, 5) is 2.12. The number of benzene rings is 1. The average Bonchev–Trinajstić information content (AvgIpc) is 2.68. The van der Waals surface area contributed by atoms with Crippen molar-refractivity contribution < 1.29 is 5.11 Å². The number of rotatable bonds is 2. The Kier molecular flexibility index (Phi) is 2.82. The molecular formula is C11H12ClN2O-. The lowest BCUT2D eigenvalue weighted by Crippen LogP contribution is -2.29. The third-order valence-corrected chi connectivity index (χ3v) is 3.00. The van der Waals surface area contributed by atoms with E-state index < -0.39 is 5.90 Å². The first-order valence-corrected chi connectivity index (χ1v) is 5.30. The third kappa shape index (κ3) is 2.23. The van der Waals surface area contributed by atoms with Crippen molar-refractivity contribution in [1.29, 1.82) is 5.41 Å². The first-order valence-electron chi connectivity index (χ1n) is 4.93. The Morgan fingerprint density at radius 1 is 1.40 bits per heavy atom. The van der Waals surface area contributed by atoms with Gasteiger partial charge in [0.1, 0.15) is 0 Å². The van der Waals surface area contributed by atoms with Gasteiger partial charge in [-0.1, -0.05) is 11.6 Å². The van der Waals surface area contributed by atoms with Crippen molar-refractivity contribution >= 4 is 23.2 Å². The lowest BCUT2D eigenvalue weighted by Gasteiger charge is -2.20. The summed E-state index contributed by atoms with van der Waals surface area (Å²) < 4.78 is 0. The van der Waals surface area contributed by atoms with Crippen molar-refractivity contribution in [2.45, 2.75) is 6.42 Å². The van der Waals surface area contributed by atoms with Crippen LogP contribution in [-0.4, -0.2) is 19.0 Å². The molecule has 15 heavy (non-hydrogen) atoms. The van der Waals surface area contributed by atoms with E-state index in [-0.39, 0.29) is 5.92 Å². The minimum Gasteiger partial charge on any atom is -0.862 e. The molecule has 3 nitrogen and oxygen atoms in total. The topological polar surface area (TPSA) is 50.1 Å². The Balaban J connectivity index is 2.07. The number of anilines is 1. The summed E-state index contributed by atoms with van der Waals surface area (Å²) in [5, 5.41) is 18.7. The Morgan fingerprint density at radius 2 is 2.07 bits per heavy atom. The van der Waals surface area contributed by atoms with Gasteiger partial charge in [-0.25, -0.2) is 0 Å². The van der Waals surface area contributed by atoms with Gasteiger partial charge < -0.3 is 15.4 Å². The second-order valence-corrected chi connectivity index (χ2v) is 4.21. The van der Waals surface area contributed by atoms with Crippen LogP contribution in [0.3, 0.4) is 0 Å². The Hall–Kier alpha value is -1.22. The van der Waals surface area contributed by atoms with E-state index in [1.807, 2.05) is 24.3 Å². The van der Waals surface area contributed by atoms with Crippen molar-refractivity contribution in [1.82, 2.24) is 0 Å². The van der Waals surface area contributed by atoms with Crippen LogP contribution in [0.5, 0.6) is 0 Å². The second kappa shape index (κ2) is 4.11. The quantitative estimate of drug-likeness (QED) is 0.610. The first kappa shape index (κ1) is 10.3. The standard InChI is InChI=1S/C11H13ClN2O/c12-9-1-3-10(4-2-9)14-6-5-8(7-14)11(13)15/h1-4,8H,5-7H2,(H2,13,15)/p-1/t8-/m1/s1. The Labute approximate surface area is 93.8 Å². The normalized spacial score (nSPS) is 20.6. The van der Waals surface area contributed by atoms with Gasteiger partial charge in [0, 0.05) is 29.7 Å². The predicted molar refractivity (Wildman–Crippen MR) is 59.5 cm³/mol. The highest BCUT2D eigenvalue weighted by Gasteiger charge is 2.22. The van der Waals surface area contributed by atoms with Crippen LogP contribution in [-0.2, 0) is 0 Å². The minimum atomic E-state index is -0.452. The van der Waals surface area contributed by atoms with E-state index in [0.29, 0.717) is 11.6 Å². The molecule has 1 aliphatic rings. The molecule has 1 N–H and O–H groups in total. The van der Waals surface area contributed by atoms with Gasteiger partial charge in [0.2, 0.25) is 0 Å². The van der Waals surface area contributed by atoms with Crippen LogP contribution >= 0.6 is 11.6 Å². The number of hydrogen-bond donors (Lipinski definition) is 1. The fourth-order valence-electron chi connectivity index (χ4n) is 1.86. The number of nitrogens with one attached hydrogen (secondary N) is 1. The van der Waals surface area contributed by atoms with Crippen LogP contribution in [0, 0.1) is 11.3 Å². The van der Waals surface area contributed by atoms with Crippen LogP contribution in [0.25, 0.3) is 0 Å². The van der Waals surface area contributed by atoms with Crippen LogP contribution in [0.15, 0.2) is 24.3 Å². The maximum atomic E-state index is 10.9. The predicted octanol–water partition coefficient (Wildman–Crippen LogP) is 1.50. The average molecular weight is 224 g/mol. The van der Waals surface area contributed by atoms with Gasteiger partial charge in [-0.05, 0) is 36.6 Å². The molecule has 0 aliphatic carbocycles. The number of hydrogen-bond acceptors (Lipinski definition) is 3. The van der Waals surface area contributed by atoms with E-state index in [2.05, 4.69) is 4.90 Å². The molecule has 0 bridgehead atoms. The first-order chi connectivity index (χ1) is 7.16. The smallest absolute Gasteiger partial charge is 0.0407 e. The molecule has 0 unspecified atom stereocenters. The number of halogens is 1. The highest BCUT2D eigenvalue weighted by Crippen LogP contribution is 2.24. The van der Waals surface area contributed by atoms with E-state index in [9.17, 15) is 5.11 Å². The van der Waals surface area contributed by atoms with Crippen LogP contribution in [0.1, 0.15) is 6.42 Å². The zero-order valence-electron chi connectivity index (χ0n) is 8.24. The SMILES string of the molecule is N=C([O-])[C@@H]1CCN(c2ccc(Cl)cc2)C1. The van der Waals surface area contributed by atoms with Crippen molar-refractivity contribution in [2.24, 2.45) is 5.92 Å². The molecule has 0 spiro atoms. The van der Waals surface area contributed by atoms with E-state index in [4.69, 9.17) is 17.0 Å². The fourth-order valence-corrected chi connectivity index (χ4v) is 1.99. The van der Waals surface area contributed by atoms with E-state index in [0.717, 1.165) is 18.7 Å². The molecule has 1 saturated heterocycles. The molecule has 1 heterocycles. The Morgan fingerprint density at radius 3 is 2.60 bits per heavy atom. The molecule has 1 fully saturated rings. The van der Waals surface area contributed by atoms with Crippen molar-refractivity contribution in [3.8, 4) is 0 Å². The maximum absolute atomic E-state index is 10.9. The molecule has 2 rings (SSSR count). The molecule has 1 aliphatic heterocycles. The van der Waals surface area contributed by atoms with Gasteiger partial charge in [-0.2, -0.15) is 0 Å². The lowest BCUT2D eigenvalue weighted by molar-refractivity contribution is -0.224. The van der Waals surface area contributed by atoms with Crippen molar-refractivity contribution in [3.63, 3.8) is 0 Å². The van der Waals surface area contributed by atoms with Crippen LogP contribution in [0.4, 0.5) is 5.69 Å². The van der Waals surface area contributed by atoms with Gasteiger partial charge in [-0.3, -0.25) is 0 Å². The van der Waals surface area contributed by atoms with Crippen LogP contribution < -0.4 is 10.0 Å². The molecular weight excluding hydrogens is 212 g/mol. The second-order valence-electron chi connectivity index (χ2n) is 3.77. The fraction of sp³-hybridized carbons (Fsp3) is 0.364. The largest absolute Gasteiger partial charge is 0.862 e. The summed E-state index contributed by atoms with van der Waals surface area (Å²) in [6, 6.07) is 7.57. The molecule has 80 valence electrons. The summed E-state index contributed by atoms with van der Waals surface area (Å²) in [6.07, 6.45) is 0.783.